The van der Waals surface area contributed by atoms with Crippen LogP contribution >= 0.6 is 0 Å². The van der Waals surface area contributed by atoms with Crippen LogP contribution in [0.2, 0.25) is 0 Å². The minimum Gasteiger partial charge on any atom is -0.285 e. The summed E-state index contributed by atoms with van der Waals surface area (Å²) < 4.78 is 0. The standard InChI is InChI=1S/C14H8N2O6/c17-13(9-5-1-3-7-11(9)15(19)20)14(18)10-6-2-4-8-12(10)16(21)22/h1-8H. The minimum absolute atomic E-state index is 0.407. The third-order valence-electron chi connectivity index (χ3n) is 2.90. The lowest BCUT2D eigenvalue weighted by Crippen LogP contribution is -2.17. The molecule has 0 aliphatic carbocycles. The average molecular weight is 300 g/mol. The van der Waals surface area contributed by atoms with Crippen LogP contribution in [0.15, 0.2) is 48.5 Å². The van der Waals surface area contributed by atoms with Crippen molar-refractivity contribution in [3.05, 3.63) is 79.9 Å². The Kier molecular flexibility index (Phi) is 4.03. The van der Waals surface area contributed by atoms with E-state index in [0.29, 0.717) is 0 Å². The van der Waals surface area contributed by atoms with Gasteiger partial charge in [-0.3, -0.25) is 29.8 Å². The molecule has 0 amide bonds. The zero-order valence-corrected chi connectivity index (χ0v) is 11.0. The molecular formula is C14H8N2O6. The van der Waals surface area contributed by atoms with Crippen LogP contribution in [0.25, 0.3) is 0 Å². The zero-order valence-electron chi connectivity index (χ0n) is 11.0. The molecule has 0 aromatic heterocycles. The van der Waals surface area contributed by atoms with E-state index in [4.69, 9.17) is 0 Å². The van der Waals surface area contributed by atoms with Gasteiger partial charge in [0.1, 0.15) is 11.1 Å². The number of hydrogen-bond donors (Lipinski definition) is 0. The molecule has 8 nitrogen and oxygen atoms in total. The molecule has 110 valence electrons. The highest BCUT2D eigenvalue weighted by Gasteiger charge is 2.30. The summed E-state index contributed by atoms with van der Waals surface area (Å²) in [6.45, 7) is 0. The van der Waals surface area contributed by atoms with Crippen molar-refractivity contribution in [2.24, 2.45) is 0 Å². The Balaban J connectivity index is 2.50. The average Bonchev–Trinajstić information content (AvgIpc) is 2.53. The molecule has 2 aromatic rings. The van der Waals surface area contributed by atoms with Crippen molar-refractivity contribution in [2.45, 2.75) is 0 Å². The third-order valence-corrected chi connectivity index (χ3v) is 2.90. The van der Waals surface area contributed by atoms with E-state index < -0.39 is 43.9 Å². The molecular weight excluding hydrogens is 292 g/mol. The SMILES string of the molecule is O=C(C(=O)c1ccccc1[N+](=O)[O-])c1ccccc1[N+](=O)[O-]. The molecule has 0 fully saturated rings. The number of para-hydroxylation sites is 2. The molecule has 0 radical (unpaired) electrons. The van der Waals surface area contributed by atoms with Gasteiger partial charge in [0.05, 0.1) is 9.85 Å². The van der Waals surface area contributed by atoms with Gasteiger partial charge >= 0.3 is 0 Å². The van der Waals surface area contributed by atoms with Gasteiger partial charge in [0.15, 0.2) is 0 Å². The van der Waals surface area contributed by atoms with Crippen molar-refractivity contribution in [1.29, 1.82) is 0 Å². The number of carbonyl (C=O) groups excluding carboxylic acids is 2. The molecule has 0 atom stereocenters. The quantitative estimate of drug-likeness (QED) is 0.362. The Morgan fingerprint density at radius 2 is 1.00 bits per heavy atom. The number of hydrogen-bond acceptors (Lipinski definition) is 6. The second-order valence-corrected chi connectivity index (χ2v) is 4.21. The van der Waals surface area contributed by atoms with Gasteiger partial charge in [-0.2, -0.15) is 0 Å². The molecule has 8 heteroatoms. The van der Waals surface area contributed by atoms with Crippen LogP contribution in [0.3, 0.4) is 0 Å². The fraction of sp³-hybridized carbons (Fsp3) is 0. The van der Waals surface area contributed by atoms with E-state index in [1.54, 1.807) is 0 Å². The van der Waals surface area contributed by atoms with Gasteiger partial charge in [-0.1, -0.05) is 24.3 Å². The van der Waals surface area contributed by atoms with Crippen molar-refractivity contribution < 1.29 is 19.4 Å². The molecule has 0 saturated heterocycles. The van der Waals surface area contributed by atoms with Crippen LogP contribution in [0.4, 0.5) is 11.4 Å². The molecule has 0 heterocycles. The summed E-state index contributed by atoms with van der Waals surface area (Å²) in [5.41, 5.74) is -1.87. The number of ketones is 2. The highest BCUT2D eigenvalue weighted by molar-refractivity contribution is 6.50. The summed E-state index contributed by atoms with van der Waals surface area (Å²) in [4.78, 5) is 44.5. The van der Waals surface area contributed by atoms with Gasteiger partial charge in [0.2, 0.25) is 11.6 Å². The molecule has 0 bridgehead atoms. The number of nitro groups is 2. The number of nitro benzene ring substituents is 2. The van der Waals surface area contributed by atoms with E-state index in [0.717, 1.165) is 24.3 Å². The summed E-state index contributed by atoms with van der Waals surface area (Å²) in [6.07, 6.45) is 0. The maximum atomic E-state index is 12.2. The first-order valence-corrected chi connectivity index (χ1v) is 5.99. The third kappa shape index (κ3) is 2.70. The van der Waals surface area contributed by atoms with Crippen LogP contribution in [0.5, 0.6) is 0 Å². The Bertz CT molecular complexity index is 732. The van der Waals surface area contributed by atoms with Crippen molar-refractivity contribution in [3.63, 3.8) is 0 Å². The number of nitrogens with zero attached hydrogens (tertiary/aromatic N) is 2. The highest BCUT2D eigenvalue weighted by Crippen LogP contribution is 2.23. The molecule has 0 aliphatic heterocycles. The van der Waals surface area contributed by atoms with E-state index in [-0.39, 0.29) is 0 Å². The van der Waals surface area contributed by atoms with Gasteiger partial charge in [-0.15, -0.1) is 0 Å². The number of carbonyl (C=O) groups is 2. The Labute approximate surface area is 123 Å². The normalized spacial score (nSPS) is 10.0. The van der Waals surface area contributed by atoms with Crippen LogP contribution in [0.1, 0.15) is 20.7 Å². The molecule has 0 aliphatic rings. The molecule has 2 aromatic carbocycles. The van der Waals surface area contributed by atoms with Crippen molar-refractivity contribution in [2.75, 3.05) is 0 Å². The van der Waals surface area contributed by atoms with Crippen LogP contribution in [-0.4, -0.2) is 21.4 Å². The first kappa shape index (κ1) is 15.0. The molecule has 0 unspecified atom stereocenters. The summed E-state index contributed by atoms with van der Waals surface area (Å²) in [5, 5.41) is 21.8. The van der Waals surface area contributed by atoms with Crippen LogP contribution in [-0.2, 0) is 0 Å². The highest BCUT2D eigenvalue weighted by atomic mass is 16.6. The van der Waals surface area contributed by atoms with E-state index in [1.807, 2.05) is 0 Å². The minimum atomic E-state index is -1.17. The second kappa shape index (κ2) is 5.92. The lowest BCUT2D eigenvalue weighted by molar-refractivity contribution is -0.385. The van der Waals surface area contributed by atoms with Crippen molar-refractivity contribution >= 4 is 22.9 Å². The Morgan fingerprint density at radius 1 is 0.682 bits per heavy atom. The molecule has 2 rings (SSSR count). The second-order valence-electron chi connectivity index (χ2n) is 4.21. The predicted octanol–water partition coefficient (Wildman–Crippen LogP) is 2.57. The number of Topliss-reactive ketones (excluding diaryl/α,β-unsaturated/α-hetero) is 2. The molecule has 22 heavy (non-hydrogen) atoms. The Morgan fingerprint density at radius 3 is 1.32 bits per heavy atom. The van der Waals surface area contributed by atoms with Crippen molar-refractivity contribution in [3.8, 4) is 0 Å². The first-order chi connectivity index (χ1) is 10.4. The summed E-state index contributed by atoms with van der Waals surface area (Å²) in [7, 11) is 0. The monoisotopic (exact) mass is 300 g/mol. The maximum absolute atomic E-state index is 12.2. The zero-order chi connectivity index (χ0) is 16.3. The van der Waals surface area contributed by atoms with Gasteiger partial charge in [-0.25, -0.2) is 0 Å². The largest absolute Gasteiger partial charge is 0.285 e. The number of benzene rings is 2. The number of rotatable bonds is 5. The molecule has 0 saturated carbocycles. The van der Waals surface area contributed by atoms with Crippen LogP contribution < -0.4 is 0 Å². The van der Waals surface area contributed by atoms with E-state index in [9.17, 15) is 29.8 Å². The van der Waals surface area contributed by atoms with Gasteiger partial charge in [0.25, 0.3) is 11.4 Å². The lowest BCUT2D eigenvalue weighted by Gasteiger charge is -2.03. The van der Waals surface area contributed by atoms with E-state index in [1.165, 1.54) is 24.3 Å². The topological polar surface area (TPSA) is 120 Å². The summed E-state index contributed by atoms with van der Waals surface area (Å²) in [6, 6.07) is 9.87. The summed E-state index contributed by atoms with van der Waals surface area (Å²) >= 11 is 0. The molecule has 0 spiro atoms. The fourth-order valence-electron chi connectivity index (χ4n) is 1.89. The van der Waals surface area contributed by atoms with Crippen LogP contribution in [0, 0.1) is 20.2 Å². The Hall–Kier alpha value is -3.42. The van der Waals surface area contributed by atoms with E-state index in [2.05, 4.69) is 0 Å². The maximum Gasteiger partial charge on any atom is 0.280 e. The molecule has 0 N–H and O–H groups in total. The smallest absolute Gasteiger partial charge is 0.280 e. The predicted molar refractivity (Wildman–Crippen MR) is 74.9 cm³/mol. The van der Waals surface area contributed by atoms with Crippen molar-refractivity contribution in [1.82, 2.24) is 0 Å². The lowest BCUT2D eigenvalue weighted by atomic mass is 9.99. The van der Waals surface area contributed by atoms with E-state index >= 15 is 0 Å². The van der Waals surface area contributed by atoms with Gasteiger partial charge in [-0.05, 0) is 12.1 Å². The van der Waals surface area contributed by atoms with Gasteiger partial charge in [0, 0.05) is 12.1 Å². The fourth-order valence-corrected chi connectivity index (χ4v) is 1.89. The van der Waals surface area contributed by atoms with Gasteiger partial charge < -0.3 is 0 Å². The summed E-state index contributed by atoms with van der Waals surface area (Å²) in [5.74, 6) is -2.33. The first-order valence-electron chi connectivity index (χ1n) is 5.99.